The predicted molar refractivity (Wildman–Crippen MR) is 98.0 cm³/mol. The van der Waals surface area contributed by atoms with Crippen LogP contribution in [-0.4, -0.2) is 4.98 Å². The van der Waals surface area contributed by atoms with Gasteiger partial charge in [-0.2, -0.15) is 0 Å². The van der Waals surface area contributed by atoms with Gasteiger partial charge in [-0.05, 0) is 55.9 Å². The van der Waals surface area contributed by atoms with Crippen molar-refractivity contribution in [3.63, 3.8) is 0 Å². The zero-order valence-corrected chi connectivity index (χ0v) is 14.6. The molecule has 1 aromatic carbocycles. The summed E-state index contributed by atoms with van der Waals surface area (Å²) in [6.07, 6.45) is 2.56. The first-order chi connectivity index (χ1) is 12.7. The lowest BCUT2D eigenvalue weighted by atomic mass is 9.93. The largest absolute Gasteiger partial charge is 0.257 e. The summed E-state index contributed by atoms with van der Waals surface area (Å²) in [6, 6.07) is 10.6. The highest BCUT2D eigenvalue weighted by atomic mass is 14.9. The minimum Gasteiger partial charge on any atom is -0.257 e. The minimum absolute atomic E-state index is 0.402. The molecule has 1 aliphatic rings. The molecular formula is C22H23N2+. The van der Waals surface area contributed by atoms with Crippen LogP contribution in [0.4, 0.5) is 0 Å². The summed E-state index contributed by atoms with van der Waals surface area (Å²) < 4.78 is 25.3. The molecule has 0 saturated heterocycles. The van der Waals surface area contributed by atoms with Crippen molar-refractivity contribution in [2.24, 2.45) is 7.05 Å². The lowest BCUT2D eigenvalue weighted by Crippen LogP contribution is -2.32. The monoisotopic (exact) mass is 318 g/mol. The summed E-state index contributed by atoms with van der Waals surface area (Å²) in [4.78, 5) is 4.74. The first kappa shape index (κ1) is 12.0. The Hall–Kier alpha value is -2.48. The van der Waals surface area contributed by atoms with Crippen molar-refractivity contribution >= 4 is 0 Å². The molecule has 0 unspecified atom stereocenters. The molecule has 0 radical (unpaired) electrons. The topological polar surface area (TPSA) is 16.8 Å². The summed E-state index contributed by atoms with van der Waals surface area (Å²) >= 11 is 0. The molecule has 1 aliphatic carbocycles. The Morgan fingerprint density at radius 3 is 2.58 bits per heavy atom. The van der Waals surface area contributed by atoms with Gasteiger partial charge < -0.3 is 0 Å². The first-order valence-electron chi connectivity index (χ1n) is 9.77. The van der Waals surface area contributed by atoms with Crippen LogP contribution in [0, 0.1) is 27.6 Å². The highest BCUT2D eigenvalue weighted by Gasteiger charge is 2.27. The third kappa shape index (κ3) is 2.17. The van der Waals surface area contributed by atoms with Crippen LogP contribution in [0.15, 0.2) is 36.5 Å². The fourth-order valence-corrected chi connectivity index (χ4v) is 3.71. The van der Waals surface area contributed by atoms with E-state index in [1.807, 2.05) is 31.5 Å². The second-order valence-electron chi connectivity index (χ2n) is 6.77. The van der Waals surface area contributed by atoms with E-state index in [4.69, 9.17) is 9.10 Å². The van der Waals surface area contributed by atoms with E-state index in [1.54, 1.807) is 6.20 Å². The Balaban J connectivity index is 1.94. The Labute approximate surface area is 148 Å². The van der Waals surface area contributed by atoms with Crippen molar-refractivity contribution in [3.05, 3.63) is 70.2 Å². The summed E-state index contributed by atoms with van der Waals surface area (Å²) in [5.41, 5.74) is 10.5. The zero-order valence-electron chi connectivity index (χ0n) is 17.6. The zero-order chi connectivity index (χ0) is 19.5. The van der Waals surface area contributed by atoms with Gasteiger partial charge in [0.1, 0.15) is 7.05 Å². The van der Waals surface area contributed by atoms with Crippen LogP contribution in [0.1, 0.15) is 37.8 Å². The summed E-state index contributed by atoms with van der Waals surface area (Å²) in [6.45, 7) is 3.91. The molecule has 4 rings (SSSR count). The highest BCUT2D eigenvalue weighted by molar-refractivity contribution is 5.84. The fourth-order valence-electron chi connectivity index (χ4n) is 3.71. The molecule has 2 nitrogen and oxygen atoms in total. The summed E-state index contributed by atoms with van der Waals surface area (Å²) in [5.74, 6) is 0. The van der Waals surface area contributed by atoms with Crippen molar-refractivity contribution in [2.45, 2.75) is 34.0 Å². The second kappa shape index (κ2) is 5.27. The van der Waals surface area contributed by atoms with E-state index in [0.29, 0.717) is 5.56 Å². The van der Waals surface area contributed by atoms with Gasteiger partial charge in [0.25, 0.3) is 0 Å². The van der Waals surface area contributed by atoms with Crippen LogP contribution in [0.3, 0.4) is 0 Å². The summed E-state index contributed by atoms with van der Waals surface area (Å²) in [7, 11) is 1.92. The SMILES string of the molecule is [2H]C([2H])([2H])c1c[n+](C)c(-c2c(C)ccc3c2Cc2nc(C)ccc2-3)cc1C. The number of fused-ring (bicyclic) bond motifs is 3. The predicted octanol–water partition coefficient (Wildman–Crippen LogP) is 4.38. The number of nitrogens with zero attached hydrogens (tertiary/aromatic N) is 2. The third-order valence-corrected chi connectivity index (χ3v) is 5.01. The van der Waals surface area contributed by atoms with E-state index in [-0.39, 0.29) is 0 Å². The quantitative estimate of drug-likeness (QED) is 0.476. The molecule has 0 aliphatic heterocycles. The Morgan fingerprint density at radius 2 is 1.79 bits per heavy atom. The Kier molecular flexibility index (Phi) is 2.63. The van der Waals surface area contributed by atoms with E-state index in [2.05, 4.69) is 31.2 Å². The fraction of sp³-hybridized carbons (Fsp3) is 0.273. The molecule has 0 amide bonds. The minimum atomic E-state index is -2.11. The molecule has 0 saturated carbocycles. The van der Waals surface area contributed by atoms with Crippen LogP contribution in [0.2, 0.25) is 0 Å². The molecule has 0 spiro atoms. The van der Waals surface area contributed by atoms with Gasteiger partial charge in [-0.25, -0.2) is 4.57 Å². The van der Waals surface area contributed by atoms with Gasteiger partial charge in [-0.15, -0.1) is 0 Å². The molecule has 2 aromatic heterocycles. The van der Waals surface area contributed by atoms with Crippen LogP contribution in [0.5, 0.6) is 0 Å². The molecule has 0 atom stereocenters. The van der Waals surface area contributed by atoms with Crippen LogP contribution in [-0.2, 0) is 13.5 Å². The van der Waals surface area contributed by atoms with Gasteiger partial charge in [0.05, 0.1) is 11.3 Å². The standard InChI is InChI=1S/C22H23N2/c1-13-6-8-17-18-9-7-16(4)23-20(18)11-19(17)22(13)21-10-14(2)15(3)12-24(21)5/h6-10,12H,11H2,1-5H3/q+1/i3D3. The molecule has 0 bridgehead atoms. The molecule has 0 N–H and O–H groups in total. The molecule has 3 aromatic rings. The van der Waals surface area contributed by atoms with Crippen molar-refractivity contribution in [1.82, 2.24) is 4.98 Å². The third-order valence-electron chi connectivity index (χ3n) is 5.01. The lowest BCUT2D eigenvalue weighted by Gasteiger charge is -2.12. The van der Waals surface area contributed by atoms with Crippen molar-refractivity contribution in [2.75, 3.05) is 0 Å². The number of benzene rings is 1. The Bertz CT molecular complexity index is 1080. The molecule has 24 heavy (non-hydrogen) atoms. The van der Waals surface area contributed by atoms with E-state index >= 15 is 0 Å². The van der Waals surface area contributed by atoms with E-state index in [9.17, 15) is 0 Å². The average Bonchev–Trinajstić information content (AvgIpc) is 2.93. The number of hydrogen-bond acceptors (Lipinski definition) is 1. The van der Waals surface area contributed by atoms with Gasteiger partial charge in [0.15, 0.2) is 6.20 Å². The molecule has 2 heterocycles. The smallest absolute Gasteiger partial charge is 0.213 e. The van der Waals surface area contributed by atoms with Crippen LogP contribution < -0.4 is 4.57 Å². The highest BCUT2D eigenvalue weighted by Crippen LogP contribution is 2.41. The van der Waals surface area contributed by atoms with Crippen LogP contribution >= 0.6 is 0 Å². The maximum atomic E-state index is 7.77. The van der Waals surface area contributed by atoms with Gasteiger partial charge in [0, 0.05) is 33.4 Å². The second-order valence-corrected chi connectivity index (χ2v) is 6.77. The lowest BCUT2D eigenvalue weighted by molar-refractivity contribution is -0.660. The van der Waals surface area contributed by atoms with Gasteiger partial charge in [-0.1, -0.05) is 18.2 Å². The molecular weight excluding hydrogens is 292 g/mol. The van der Waals surface area contributed by atoms with Crippen LogP contribution in [0.25, 0.3) is 22.4 Å². The van der Waals surface area contributed by atoms with Gasteiger partial charge in [0.2, 0.25) is 5.69 Å². The Morgan fingerprint density at radius 1 is 1.00 bits per heavy atom. The maximum Gasteiger partial charge on any atom is 0.213 e. The molecule has 0 fully saturated rings. The van der Waals surface area contributed by atoms with E-state index in [0.717, 1.165) is 29.1 Å². The number of aryl methyl sites for hydroxylation is 5. The van der Waals surface area contributed by atoms with E-state index in [1.165, 1.54) is 27.8 Å². The number of hydrogen-bond donors (Lipinski definition) is 0. The van der Waals surface area contributed by atoms with Gasteiger partial charge >= 0.3 is 0 Å². The van der Waals surface area contributed by atoms with Crippen molar-refractivity contribution in [1.29, 1.82) is 0 Å². The van der Waals surface area contributed by atoms with Gasteiger partial charge in [-0.3, -0.25) is 4.98 Å². The van der Waals surface area contributed by atoms with E-state index < -0.39 is 6.85 Å². The normalized spacial score (nSPS) is 14.6. The summed E-state index contributed by atoms with van der Waals surface area (Å²) in [5, 5.41) is 0. The maximum absolute atomic E-state index is 7.77. The number of pyridine rings is 2. The number of rotatable bonds is 1. The first-order valence-corrected chi connectivity index (χ1v) is 8.27. The average molecular weight is 318 g/mol. The molecule has 2 heteroatoms. The van der Waals surface area contributed by atoms with Crippen molar-refractivity contribution in [3.8, 4) is 22.4 Å². The van der Waals surface area contributed by atoms with Crippen molar-refractivity contribution < 1.29 is 8.68 Å². The number of aromatic nitrogens is 2. The molecule has 120 valence electrons.